The Labute approximate surface area is 180 Å². The lowest BCUT2D eigenvalue weighted by atomic mass is 10.1. The summed E-state index contributed by atoms with van der Waals surface area (Å²) in [6.45, 7) is 4.54. The molecule has 1 atom stereocenters. The molecule has 1 N–H and O–H groups in total. The van der Waals surface area contributed by atoms with Gasteiger partial charge in [-0.05, 0) is 36.4 Å². The summed E-state index contributed by atoms with van der Waals surface area (Å²) in [7, 11) is 0. The minimum Gasteiger partial charge on any atom is -0.486 e. The van der Waals surface area contributed by atoms with Crippen LogP contribution < -0.4 is 24.6 Å². The van der Waals surface area contributed by atoms with Crippen LogP contribution in [-0.2, 0) is 14.3 Å². The summed E-state index contributed by atoms with van der Waals surface area (Å²) in [5, 5.41) is 2.95. The predicted octanol–water partition coefficient (Wildman–Crippen LogP) is 2.29. The average Bonchev–Trinajstić information content (AvgIpc) is 3.21. The number of fused-ring (bicyclic) bond motifs is 1. The van der Waals surface area contributed by atoms with Crippen LogP contribution in [0.5, 0.6) is 11.5 Å². The lowest BCUT2D eigenvalue weighted by Gasteiger charge is -2.28. The fourth-order valence-electron chi connectivity index (χ4n) is 4.15. The Bertz CT molecular complexity index is 972. The fourth-order valence-corrected chi connectivity index (χ4v) is 4.15. The van der Waals surface area contributed by atoms with Gasteiger partial charge in [-0.15, -0.1) is 0 Å². The van der Waals surface area contributed by atoms with Crippen molar-refractivity contribution >= 4 is 28.9 Å². The highest BCUT2D eigenvalue weighted by molar-refractivity contribution is 6.03. The maximum atomic E-state index is 12.8. The lowest BCUT2D eigenvalue weighted by Crippen LogP contribution is -2.36. The van der Waals surface area contributed by atoms with Gasteiger partial charge >= 0.3 is 0 Å². The molecule has 5 rings (SSSR count). The van der Waals surface area contributed by atoms with Crippen LogP contribution >= 0.6 is 0 Å². The van der Waals surface area contributed by atoms with Crippen LogP contribution in [-0.4, -0.2) is 57.9 Å². The molecule has 8 heteroatoms. The molecular weight excluding hydrogens is 398 g/mol. The normalized spacial score (nSPS) is 20.6. The summed E-state index contributed by atoms with van der Waals surface area (Å²) < 4.78 is 16.5. The number of amides is 2. The summed E-state index contributed by atoms with van der Waals surface area (Å²) in [5.41, 5.74) is 2.56. The summed E-state index contributed by atoms with van der Waals surface area (Å²) in [6.07, 6.45) is 0.187. The van der Waals surface area contributed by atoms with Gasteiger partial charge in [-0.3, -0.25) is 9.59 Å². The van der Waals surface area contributed by atoms with Crippen molar-refractivity contribution in [2.75, 3.05) is 61.2 Å². The van der Waals surface area contributed by atoms with E-state index in [1.54, 1.807) is 17.0 Å². The van der Waals surface area contributed by atoms with E-state index in [1.807, 2.05) is 30.3 Å². The lowest BCUT2D eigenvalue weighted by molar-refractivity contribution is -0.122. The van der Waals surface area contributed by atoms with Crippen molar-refractivity contribution < 1.29 is 23.8 Å². The van der Waals surface area contributed by atoms with Crippen LogP contribution in [0.25, 0.3) is 0 Å². The van der Waals surface area contributed by atoms with E-state index in [0.717, 1.165) is 43.4 Å². The number of morpholine rings is 1. The minimum absolute atomic E-state index is 0.0699. The number of carbonyl (C=O) groups excluding carboxylic acids is 2. The van der Waals surface area contributed by atoms with Crippen LogP contribution in [0.3, 0.4) is 0 Å². The van der Waals surface area contributed by atoms with E-state index in [9.17, 15) is 9.59 Å². The van der Waals surface area contributed by atoms with E-state index < -0.39 is 5.92 Å². The Morgan fingerprint density at radius 2 is 1.61 bits per heavy atom. The van der Waals surface area contributed by atoms with Crippen molar-refractivity contribution in [2.45, 2.75) is 6.42 Å². The molecule has 3 aliphatic rings. The molecule has 8 nitrogen and oxygen atoms in total. The van der Waals surface area contributed by atoms with Gasteiger partial charge in [0.2, 0.25) is 11.8 Å². The first-order chi connectivity index (χ1) is 15.2. The molecule has 3 heterocycles. The van der Waals surface area contributed by atoms with E-state index in [2.05, 4.69) is 10.2 Å². The van der Waals surface area contributed by atoms with Crippen LogP contribution in [0.1, 0.15) is 6.42 Å². The molecule has 0 bridgehead atoms. The fraction of sp³-hybridized carbons (Fsp3) is 0.391. The zero-order valence-electron chi connectivity index (χ0n) is 17.2. The van der Waals surface area contributed by atoms with Gasteiger partial charge < -0.3 is 29.3 Å². The SMILES string of the molecule is O=C(Nc1ccc(N2CCOCC2)cc1)C1CC(=O)N(c2ccc3c(c2)OCCO3)C1. The van der Waals surface area contributed by atoms with Gasteiger partial charge in [-0.2, -0.15) is 0 Å². The molecular formula is C23H25N3O5. The molecule has 31 heavy (non-hydrogen) atoms. The molecule has 162 valence electrons. The van der Waals surface area contributed by atoms with E-state index in [4.69, 9.17) is 14.2 Å². The van der Waals surface area contributed by atoms with Crippen LogP contribution in [0.15, 0.2) is 42.5 Å². The van der Waals surface area contributed by atoms with Crippen molar-refractivity contribution in [3.8, 4) is 11.5 Å². The average molecular weight is 423 g/mol. The number of nitrogens with zero attached hydrogens (tertiary/aromatic N) is 2. The van der Waals surface area contributed by atoms with Gasteiger partial charge in [0, 0.05) is 49.2 Å². The summed E-state index contributed by atoms with van der Waals surface area (Å²) in [4.78, 5) is 29.3. The van der Waals surface area contributed by atoms with Gasteiger partial charge in [0.05, 0.1) is 19.1 Å². The quantitative estimate of drug-likeness (QED) is 0.813. The molecule has 2 saturated heterocycles. The second-order valence-corrected chi connectivity index (χ2v) is 7.87. The molecule has 2 aromatic carbocycles. The topological polar surface area (TPSA) is 80.3 Å². The number of nitrogens with one attached hydrogen (secondary N) is 1. The van der Waals surface area contributed by atoms with Gasteiger partial charge in [0.1, 0.15) is 13.2 Å². The minimum atomic E-state index is -0.403. The smallest absolute Gasteiger partial charge is 0.229 e. The predicted molar refractivity (Wildman–Crippen MR) is 116 cm³/mol. The number of benzene rings is 2. The first-order valence-electron chi connectivity index (χ1n) is 10.6. The van der Waals surface area contributed by atoms with Crippen molar-refractivity contribution in [3.63, 3.8) is 0 Å². The number of hydrogen-bond acceptors (Lipinski definition) is 6. The van der Waals surface area contributed by atoms with Crippen molar-refractivity contribution in [3.05, 3.63) is 42.5 Å². The molecule has 2 fully saturated rings. The largest absolute Gasteiger partial charge is 0.486 e. The van der Waals surface area contributed by atoms with Crippen molar-refractivity contribution in [1.29, 1.82) is 0 Å². The Hall–Kier alpha value is -3.26. The zero-order chi connectivity index (χ0) is 21.2. The Balaban J connectivity index is 1.22. The molecule has 0 radical (unpaired) electrons. The highest BCUT2D eigenvalue weighted by Crippen LogP contribution is 2.36. The maximum Gasteiger partial charge on any atom is 0.229 e. The molecule has 2 aromatic rings. The third-order valence-electron chi connectivity index (χ3n) is 5.84. The monoisotopic (exact) mass is 423 g/mol. The number of ether oxygens (including phenoxy) is 3. The number of carbonyl (C=O) groups is 2. The zero-order valence-corrected chi connectivity index (χ0v) is 17.2. The summed E-state index contributed by atoms with van der Waals surface area (Å²) >= 11 is 0. The highest BCUT2D eigenvalue weighted by Gasteiger charge is 2.35. The first-order valence-corrected chi connectivity index (χ1v) is 10.6. The molecule has 0 aromatic heterocycles. The maximum absolute atomic E-state index is 12.8. The number of anilines is 3. The van der Waals surface area contributed by atoms with E-state index in [-0.39, 0.29) is 18.2 Å². The summed E-state index contributed by atoms with van der Waals surface area (Å²) in [5.74, 6) is 0.688. The van der Waals surface area contributed by atoms with E-state index >= 15 is 0 Å². The van der Waals surface area contributed by atoms with Gasteiger partial charge in [0.15, 0.2) is 11.5 Å². The molecule has 1 unspecified atom stereocenters. The molecule has 3 aliphatic heterocycles. The van der Waals surface area contributed by atoms with Crippen LogP contribution in [0.2, 0.25) is 0 Å². The third-order valence-corrected chi connectivity index (χ3v) is 5.84. The third kappa shape index (κ3) is 4.16. The highest BCUT2D eigenvalue weighted by atomic mass is 16.6. The van der Waals surface area contributed by atoms with Crippen molar-refractivity contribution in [2.24, 2.45) is 5.92 Å². The van der Waals surface area contributed by atoms with E-state index in [1.165, 1.54) is 0 Å². The Morgan fingerprint density at radius 3 is 2.39 bits per heavy atom. The number of rotatable bonds is 4. The van der Waals surface area contributed by atoms with Gasteiger partial charge in [-0.25, -0.2) is 0 Å². The second kappa shape index (κ2) is 8.47. The van der Waals surface area contributed by atoms with Crippen LogP contribution in [0.4, 0.5) is 17.1 Å². The van der Waals surface area contributed by atoms with Crippen molar-refractivity contribution in [1.82, 2.24) is 0 Å². The summed E-state index contributed by atoms with van der Waals surface area (Å²) in [6, 6.07) is 13.2. The second-order valence-electron chi connectivity index (χ2n) is 7.87. The first kappa shape index (κ1) is 19.7. The van der Waals surface area contributed by atoms with Crippen LogP contribution in [0, 0.1) is 5.92 Å². The molecule has 0 saturated carbocycles. The van der Waals surface area contributed by atoms with E-state index in [0.29, 0.717) is 31.3 Å². The Morgan fingerprint density at radius 1 is 0.903 bits per heavy atom. The standard InChI is InChI=1S/C23H25N3O5/c27-22-13-16(15-26(22)19-5-6-20-21(14-19)31-12-11-30-20)23(28)24-17-1-3-18(4-2-17)25-7-9-29-10-8-25/h1-6,14,16H,7-13,15H2,(H,24,28). The van der Waals surface area contributed by atoms with Gasteiger partial charge in [0.25, 0.3) is 0 Å². The molecule has 0 spiro atoms. The van der Waals surface area contributed by atoms with Gasteiger partial charge in [-0.1, -0.05) is 0 Å². The molecule has 2 amide bonds. The number of hydrogen-bond donors (Lipinski definition) is 1. The Kier molecular flexibility index (Phi) is 5.38. The molecule has 0 aliphatic carbocycles.